The number of nitrogens with one attached hydrogen (secondary N) is 1. The molecule has 1 unspecified atom stereocenters. The van der Waals surface area contributed by atoms with Crippen molar-refractivity contribution in [2.45, 2.75) is 13.0 Å². The molecule has 0 saturated carbocycles. The maximum Gasteiger partial charge on any atom is 0.148 e. The number of benzene rings is 1. The monoisotopic (exact) mass is 261 g/mol. The van der Waals surface area contributed by atoms with Gasteiger partial charge in [-0.1, -0.05) is 0 Å². The molecule has 3 N–H and O–H groups in total. The Morgan fingerprint density at radius 1 is 1.32 bits per heavy atom. The van der Waals surface area contributed by atoms with Crippen LogP contribution in [0, 0.1) is 5.82 Å². The average Bonchev–Trinajstić information content (AvgIpc) is 2.42. The molecule has 0 bridgehead atoms. The van der Waals surface area contributed by atoms with Crippen LogP contribution >= 0.6 is 0 Å². The van der Waals surface area contributed by atoms with Gasteiger partial charge in [-0.05, 0) is 24.6 Å². The summed E-state index contributed by atoms with van der Waals surface area (Å²) in [6.07, 6.45) is 3.40. The molecule has 0 amide bonds. The summed E-state index contributed by atoms with van der Waals surface area (Å²) >= 11 is 0. The Bertz CT molecular complexity index is 560. The summed E-state index contributed by atoms with van der Waals surface area (Å²) in [4.78, 5) is 3.95. The van der Waals surface area contributed by atoms with Crippen molar-refractivity contribution in [1.82, 2.24) is 4.98 Å². The van der Waals surface area contributed by atoms with Gasteiger partial charge in [-0.2, -0.15) is 0 Å². The SMILES string of the molecule is COc1cc(NC(C)c2ccncc2)c(F)cc1N. The van der Waals surface area contributed by atoms with Gasteiger partial charge in [0.25, 0.3) is 0 Å². The Morgan fingerprint density at radius 3 is 2.63 bits per heavy atom. The summed E-state index contributed by atoms with van der Waals surface area (Å²) in [7, 11) is 1.50. The molecule has 1 heterocycles. The molecule has 0 aliphatic rings. The minimum Gasteiger partial charge on any atom is -0.495 e. The van der Waals surface area contributed by atoms with E-state index in [1.54, 1.807) is 18.5 Å². The third-order valence-electron chi connectivity index (χ3n) is 2.90. The van der Waals surface area contributed by atoms with Crippen molar-refractivity contribution in [2.75, 3.05) is 18.2 Å². The van der Waals surface area contributed by atoms with Crippen molar-refractivity contribution in [1.29, 1.82) is 0 Å². The summed E-state index contributed by atoms with van der Waals surface area (Å²) in [5.74, 6) is 0.0463. The first-order valence-corrected chi connectivity index (χ1v) is 5.91. The highest BCUT2D eigenvalue weighted by atomic mass is 19.1. The first kappa shape index (κ1) is 13.1. The van der Waals surface area contributed by atoms with Crippen molar-refractivity contribution in [3.8, 4) is 5.75 Å². The third-order valence-corrected chi connectivity index (χ3v) is 2.90. The number of rotatable bonds is 4. The van der Waals surface area contributed by atoms with Gasteiger partial charge < -0.3 is 15.8 Å². The fourth-order valence-corrected chi connectivity index (χ4v) is 1.82. The number of ether oxygens (including phenoxy) is 1. The summed E-state index contributed by atoms with van der Waals surface area (Å²) in [5.41, 5.74) is 7.30. The van der Waals surface area contributed by atoms with Gasteiger partial charge in [0.2, 0.25) is 0 Å². The molecule has 0 aliphatic carbocycles. The third kappa shape index (κ3) is 2.93. The number of methoxy groups -OCH3 is 1. The van der Waals surface area contributed by atoms with Gasteiger partial charge in [-0.25, -0.2) is 4.39 Å². The van der Waals surface area contributed by atoms with E-state index in [1.165, 1.54) is 13.2 Å². The Kier molecular flexibility index (Phi) is 3.85. The van der Waals surface area contributed by atoms with E-state index in [4.69, 9.17) is 10.5 Å². The zero-order chi connectivity index (χ0) is 13.8. The van der Waals surface area contributed by atoms with Crippen molar-refractivity contribution in [3.05, 3.63) is 48.0 Å². The molecule has 4 nitrogen and oxygen atoms in total. The highest BCUT2D eigenvalue weighted by Crippen LogP contribution is 2.30. The van der Waals surface area contributed by atoms with Crippen LogP contribution in [0.3, 0.4) is 0 Å². The second-order valence-corrected chi connectivity index (χ2v) is 4.22. The van der Waals surface area contributed by atoms with E-state index < -0.39 is 5.82 Å². The second-order valence-electron chi connectivity index (χ2n) is 4.22. The minimum absolute atomic E-state index is 0.0502. The van der Waals surface area contributed by atoms with Crippen LogP contribution in [-0.4, -0.2) is 12.1 Å². The fourth-order valence-electron chi connectivity index (χ4n) is 1.82. The Hall–Kier alpha value is -2.30. The van der Waals surface area contributed by atoms with Gasteiger partial charge in [0.1, 0.15) is 11.6 Å². The van der Waals surface area contributed by atoms with Gasteiger partial charge in [0, 0.05) is 30.6 Å². The lowest BCUT2D eigenvalue weighted by atomic mass is 10.1. The average molecular weight is 261 g/mol. The van der Waals surface area contributed by atoms with E-state index in [0.717, 1.165) is 5.56 Å². The van der Waals surface area contributed by atoms with Crippen LogP contribution in [0.25, 0.3) is 0 Å². The molecule has 5 heteroatoms. The van der Waals surface area contributed by atoms with Crippen LogP contribution in [0.4, 0.5) is 15.8 Å². The Labute approximate surface area is 111 Å². The molecular formula is C14H16FN3O. The van der Waals surface area contributed by atoms with E-state index in [1.807, 2.05) is 19.1 Å². The molecule has 1 aromatic carbocycles. The summed E-state index contributed by atoms with van der Waals surface area (Å²) < 4.78 is 18.9. The predicted octanol–water partition coefficient (Wildman–Crippen LogP) is 2.98. The molecule has 100 valence electrons. The molecule has 1 atom stereocenters. The molecule has 0 aliphatic heterocycles. The molecule has 0 spiro atoms. The van der Waals surface area contributed by atoms with Crippen molar-refractivity contribution >= 4 is 11.4 Å². The van der Waals surface area contributed by atoms with E-state index >= 15 is 0 Å². The molecule has 1 aromatic heterocycles. The smallest absolute Gasteiger partial charge is 0.148 e. The van der Waals surface area contributed by atoms with E-state index in [2.05, 4.69) is 10.3 Å². The first-order valence-electron chi connectivity index (χ1n) is 5.91. The van der Waals surface area contributed by atoms with Crippen LogP contribution in [0.1, 0.15) is 18.5 Å². The van der Waals surface area contributed by atoms with Gasteiger partial charge in [0.15, 0.2) is 0 Å². The quantitative estimate of drug-likeness (QED) is 0.831. The van der Waals surface area contributed by atoms with E-state index in [9.17, 15) is 4.39 Å². The van der Waals surface area contributed by atoms with Crippen LogP contribution in [0.15, 0.2) is 36.7 Å². The van der Waals surface area contributed by atoms with Gasteiger partial charge >= 0.3 is 0 Å². The molecule has 2 aromatic rings. The van der Waals surface area contributed by atoms with Gasteiger partial charge in [-0.3, -0.25) is 4.98 Å². The number of nitrogens with zero attached hydrogens (tertiary/aromatic N) is 1. The summed E-state index contributed by atoms with van der Waals surface area (Å²) in [6, 6.07) is 6.52. The van der Waals surface area contributed by atoms with Gasteiger partial charge in [0.05, 0.1) is 18.5 Å². The lowest BCUT2D eigenvalue weighted by Crippen LogP contribution is -2.08. The number of anilines is 2. The van der Waals surface area contributed by atoms with Crippen LogP contribution < -0.4 is 15.8 Å². The molecular weight excluding hydrogens is 245 g/mol. The van der Waals surface area contributed by atoms with Crippen LogP contribution in [0.5, 0.6) is 5.75 Å². The number of nitrogens with two attached hydrogens (primary N) is 1. The summed E-state index contributed by atoms with van der Waals surface area (Å²) in [6.45, 7) is 1.94. The van der Waals surface area contributed by atoms with Gasteiger partial charge in [-0.15, -0.1) is 0 Å². The lowest BCUT2D eigenvalue weighted by Gasteiger charge is -2.17. The maximum atomic E-state index is 13.8. The number of hydrogen-bond acceptors (Lipinski definition) is 4. The van der Waals surface area contributed by atoms with Crippen molar-refractivity contribution in [3.63, 3.8) is 0 Å². The van der Waals surface area contributed by atoms with Crippen molar-refractivity contribution < 1.29 is 9.13 Å². The molecule has 19 heavy (non-hydrogen) atoms. The number of nitrogen functional groups attached to an aromatic ring is 1. The van der Waals surface area contributed by atoms with E-state index in [-0.39, 0.29) is 11.7 Å². The number of hydrogen-bond donors (Lipinski definition) is 2. The van der Waals surface area contributed by atoms with Crippen LogP contribution in [0.2, 0.25) is 0 Å². The molecule has 0 fully saturated rings. The Morgan fingerprint density at radius 2 is 2.00 bits per heavy atom. The topological polar surface area (TPSA) is 60.2 Å². The number of aromatic nitrogens is 1. The largest absolute Gasteiger partial charge is 0.495 e. The van der Waals surface area contributed by atoms with Crippen molar-refractivity contribution in [2.24, 2.45) is 0 Å². The summed E-state index contributed by atoms with van der Waals surface area (Å²) in [5, 5.41) is 3.09. The lowest BCUT2D eigenvalue weighted by molar-refractivity contribution is 0.416. The normalized spacial score (nSPS) is 11.9. The standard InChI is InChI=1S/C14H16FN3O/c1-9(10-3-5-17-6-4-10)18-13-8-14(19-2)12(16)7-11(13)15/h3-9,18H,16H2,1-2H3. The maximum absolute atomic E-state index is 13.8. The Balaban J connectivity index is 2.24. The van der Waals surface area contributed by atoms with Crippen LogP contribution in [-0.2, 0) is 0 Å². The molecule has 0 saturated heterocycles. The fraction of sp³-hybridized carbons (Fsp3) is 0.214. The second kappa shape index (κ2) is 5.56. The molecule has 0 radical (unpaired) electrons. The molecule has 2 rings (SSSR count). The minimum atomic E-state index is -0.404. The zero-order valence-corrected chi connectivity index (χ0v) is 10.9. The number of pyridine rings is 1. The zero-order valence-electron chi connectivity index (χ0n) is 10.9. The first-order chi connectivity index (χ1) is 9.11. The van der Waals surface area contributed by atoms with E-state index in [0.29, 0.717) is 11.4 Å². The predicted molar refractivity (Wildman–Crippen MR) is 73.6 cm³/mol. The number of halogens is 1. The highest BCUT2D eigenvalue weighted by molar-refractivity contribution is 5.62. The highest BCUT2D eigenvalue weighted by Gasteiger charge is 2.11.